The lowest BCUT2D eigenvalue weighted by atomic mass is 10.1. The first-order valence-corrected chi connectivity index (χ1v) is 11.8. The van der Waals surface area contributed by atoms with Gasteiger partial charge in [-0.3, -0.25) is 4.79 Å². The van der Waals surface area contributed by atoms with Crippen molar-refractivity contribution in [2.24, 2.45) is 0 Å². The molecule has 1 heterocycles. The van der Waals surface area contributed by atoms with Crippen molar-refractivity contribution in [2.75, 3.05) is 26.2 Å². The van der Waals surface area contributed by atoms with E-state index in [9.17, 15) is 13.2 Å². The summed E-state index contributed by atoms with van der Waals surface area (Å²) in [7, 11) is -3.56. The third-order valence-electron chi connectivity index (χ3n) is 5.61. The Morgan fingerprint density at radius 3 is 2.26 bits per heavy atom. The predicted octanol–water partition coefficient (Wildman–Crippen LogP) is 3.45. The van der Waals surface area contributed by atoms with E-state index in [-0.39, 0.29) is 23.9 Å². The Hall–Kier alpha value is -2.90. The number of carbonyl (C=O) groups excluding carboxylic acids is 1. The number of piperazine rings is 1. The molecule has 0 aliphatic carbocycles. The molecule has 0 N–H and O–H groups in total. The number of sulfonamides is 1. The molecule has 0 spiro atoms. The summed E-state index contributed by atoms with van der Waals surface area (Å²) in [4.78, 5) is 14.9. The van der Waals surface area contributed by atoms with Gasteiger partial charge in [-0.25, -0.2) is 8.42 Å². The fraction of sp³-hybridized carbons (Fsp3) is 0.292. The molecule has 6 nitrogen and oxygen atoms in total. The largest absolute Gasteiger partial charge is 0.480 e. The van der Waals surface area contributed by atoms with Gasteiger partial charge in [-0.05, 0) is 37.4 Å². The second-order valence-electron chi connectivity index (χ2n) is 7.78. The Morgan fingerprint density at radius 2 is 1.55 bits per heavy atom. The van der Waals surface area contributed by atoms with E-state index in [1.165, 1.54) is 4.31 Å². The van der Waals surface area contributed by atoms with Crippen LogP contribution in [-0.4, -0.2) is 55.8 Å². The molecular formula is C24H26N2O4S. The molecule has 0 radical (unpaired) electrons. The molecule has 1 aliphatic heterocycles. The Morgan fingerprint density at radius 1 is 0.903 bits per heavy atom. The molecule has 1 atom stereocenters. The zero-order chi connectivity index (χ0) is 22.0. The number of amides is 1. The highest BCUT2D eigenvalue weighted by Crippen LogP contribution is 2.26. The number of carbonyl (C=O) groups is 1. The van der Waals surface area contributed by atoms with Gasteiger partial charge in [-0.15, -0.1) is 0 Å². The quantitative estimate of drug-likeness (QED) is 0.612. The zero-order valence-electron chi connectivity index (χ0n) is 17.7. The molecule has 3 aromatic carbocycles. The first-order valence-electron chi connectivity index (χ1n) is 10.4. The smallest absolute Gasteiger partial charge is 0.263 e. The molecule has 1 fully saturated rings. The first-order chi connectivity index (χ1) is 14.9. The highest BCUT2D eigenvalue weighted by molar-refractivity contribution is 7.89. The van der Waals surface area contributed by atoms with Crippen LogP contribution < -0.4 is 4.74 Å². The molecule has 0 saturated carbocycles. The van der Waals surface area contributed by atoms with Gasteiger partial charge >= 0.3 is 0 Å². The molecule has 4 rings (SSSR count). The summed E-state index contributed by atoms with van der Waals surface area (Å²) in [6, 6.07) is 20.5. The Kier molecular flexibility index (Phi) is 5.98. The maximum absolute atomic E-state index is 12.9. The van der Waals surface area contributed by atoms with Crippen molar-refractivity contribution in [3.05, 3.63) is 72.3 Å². The van der Waals surface area contributed by atoms with Crippen molar-refractivity contribution in [1.82, 2.24) is 9.21 Å². The minimum atomic E-state index is -3.56. The van der Waals surface area contributed by atoms with Crippen LogP contribution in [-0.2, 0) is 14.8 Å². The van der Waals surface area contributed by atoms with Gasteiger partial charge in [0.25, 0.3) is 5.91 Å². The molecule has 0 bridgehead atoms. The third-order valence-corrected chi connectivity index (χ3v) is 7.52. The lowest BCUT2D eigenvalue weighted by Gasteiger charge is -2.35. The van der Waals surface area contributed by atoms with E-state index in [1.807, 2.05) is 49.4 Å². The summed E-state index contributed by atoms with van der Waals surface area (Å²) >= 11 is 0. The van der Waals surface area contributed by atoms with Gasteiger partial charge in [-0.1, -0.05) is 54.1 Å². The average molecular weight is 439 g/mol. The van der Waals surface area contributed by atoms with E-state index in [4.69, 9.17) is 4.74 Å². The van der Waals surface area contributed by atoms with Crippen LogP contribution in [0.1, 0.15) is 12.5 Å². The molecular weight excluding hydrogens is 412 g/mol. The Labute approximate surface area is 183 Å². The molecule has 7 heteroatoms. The van der Waals surface area contributed by atoms with E-state index < -0.39 is 16.1 Å². The van der Waals surface area contributed by atoms with Crippen molar-refractivity contribution in [1.29, 1.82) is 0 Å². The maximum Gasteiger partial charge on any atom is 0.263 e. The average Bonchev–Trinajstić information content (AvgIpc) is 2.79. The number of hydrogen-bond donors (Lipinski definition) is 0. The molecule has 1 saturated heterocycles. The summed E-state index contributed by atoms with van der Waals surface area (Å²) in [6.07, 6.45) is -0.661. The molecule has 0 unspecified atom stereocenters. The Balaban J connectivity index is 1.40. The van der Waals surface area contributed by atoms with E-state index in [2.05, 4.69) is 0 Å². The summed E-state index contributed by atoms with van der Waals surface area (Å²) in [6.45, 7) is 4.87. The van der Waals surface area contributed by atoms with E-state index in [1.54, 1.807) is 36.1 Å². The molecule has 31 heavy (non-hydrogen) atoms. The second-order valence-corrected chi connectivity index (χ2v) is 9.72. The van der Waals surface area contributed by atoms with Crippen LogP contribution in [0.15, 0.2) is 71.6 Å². The monoisotopic (exact) mass is 438 g/mol. The highest BCUT2D eigenvalue weighted by atomic mass is 32.2. The van der Waals surface area contributed by atoms with Crippen molar-refractivity contribution >= 4 is 26.7 Å². The van der Waals surface area contributed by atoms with Crippen molar-refractivity contribution in [3.8, 4) is 5.75 Å². The normalized spacial score (nSPS) is 16.3. The van der Waals surface area contributed by atoms with Crippen LogP contribution in [0.2, 0.25) is 0 Å². The zero-order valence-corrected chi connectivity index (χ0v) is 18.5. The summed E-state index contributed by atoms with van der Waals surface area (Å²) in [5.74, 6) is 0.528. The van der Waals surface area contributed by atoms with Crippen LogP contribution in [0.4, 0.5) is 0 Å². The number of nitrogens with zero attached hydrogens (tertiary/aromatic N) is 2. The first kappa shape index (κ1) is 21.3. The summed E-state index contributed by atoms with van der Waals surface area (Å²) < 4.78 is 33.2. The van der Waals surface area contributed by atoms with Gasteiger partial charge < -0.3 is 9.64 Å². The Bertz CT molecular complexity index is 1180. The van der Waals surface area contributed by atoms with Gasteiger partial charge in [0, 0.05) is 31.6 Å². The number of aryl methyl sites for hydroxylation is 1. The maximum atomic E-state index is 12.9. The van der Waals surface area contributed by atoms with Crippen molar-refractivity contribution in [3.63, 3.8) is 0 Å². The van der Waals surface area contributed by atoms with Crippen LogP contribution in [0, 0.1) is 6.92 Å². The number of ether oxygens (including phenoxy) is 1. The lowest BCUT2D eigenvalue weighted by Crippen LogP contribution is -2.53. The standard InChI is InChI=1S/C24H26N2O4S/c1-18-10-12-21(13-11-18)31(28,29)26-16-14-25(15-17-26)24(27)19(2)30-23-9-5-7-20-6-3-4-8-22(20)23/h3-13,19H,14-17H2,1-2H3/t19-/m1/s1. The minimum absolute atomic E-state index is 0.139. The number of rotatable bonds is 5. The lowest BCUT2D eigenvalue weighted by molar-refractivity contribution is -0.139. The summed E-state index contributed by atoms with van der Waals surface area (Å²) in [5.41, 5.74) is 1.01. The number of hydrogen-bond acceptors (Lipinski definition) is 4. The fourth-order valence-corrected chi connectivity index (χ4v) is 5.23. The molecule has 1 amide bonds. The molecule has 0 aromatic heterocycles. The van der Waals surface area contributed by atoms with E-state index in [0.717, 1.165) is 16.3 Å². The number of benzene rings is 3. The van der Waals surface area contributed by atoms with Crippen LogP contribution >= 0.6 is 0 Å². The molecule has 1 aliphatic rings. The van der Waals surface area contributed by atoms with Crippen LogP contribution in [0.3, 0.4) is 0 Å². The SMILES string of the molecule is Cc1ccc(S(=O)(=O)N2CCN(C(=O)[C@@H](C)Oc3cccc4ccccc34)CC2)cc1. The topological polar surface area (TPSA) is 66.9 Å². The second kappa shape index (κ2) is 8.69. The predicted molar refractivity (Wildman–Crippen MR) is 121 cm³/mol. The van der Waals surface area contributed by atoms with E-state index >= 15 is 0 Å². The van der Waals surface area contributed by atoms with Gasteiger partial charge in [0.15, 0.2) is 6.10 Å². The van der Waals surface area contributed by atoms with E-state index in [0.29, 0.717) is 18.8 Å². The highest BCUT2D eigenvalue weighted by Gasteiger charge is 2.32. The van der Waals surface area contributed by atoms with Gasteiger partial charge in [0.2, 0.25) is 10.0 Å². The van der Waals surface area contributed by atoms with Crippen molar-refractivity contribution in [2.45, 2.75) is 24.8 Å². The minimum Gasteiger partial charge on any atom is -0.480 e. The third kappa shape index (κ3) is 4.43. The van der Waals surface area contributed by atoms with Gasteiger partial charge in [0.1, 0.15) is 5.75 Å². The molecule has 3 aromatic rings. The molecule has 162 valence electrons. The van der Waals surface area contributed by atoms with Crippen LogP contribution in [0.25, 0.3) is 10.8 Å². The number of fused-ring (bicyclic) bond motifs is 1. The van der Waals surface area contributed by atoms with Crippen LogP contribution in [0.5, 0.6) is 5.75 Å². The fourth-order valence-electron chi connectivity index (χ4n) is 3.80. The summed E-state index contributed by atoms with van der Waals surface area (Å²) in [5, 5.41) is 2.01. The van der Waals surface area contributed by atoms with Gasteiger partial charge in [0.05, 0.1) is 4.90 Å². The van der Waals surface area contributed by atoms with Gasteiger partial charge in [-0.2, -0.15) is 4.31 Å². The van der Waals surface area contributed by atoms with Crippen molar-refractivity contribution < 1.29 is 17.9 Å².